The predicted octanol–water partition coefficient (Wildman–Crippen LogP) is 9.34. The molecule has 1 aromatic heterocycles. The molecular weight excluding hydrogens is 758 g/mol. The number of aromatic nitrogens is 1. The first kappa shape index (κ1) is 35.6. The van der Waals surface area contributed by atoms with Gasteiger partial charge in [-0.3, -0.25) is 0 Å². The molecule has 0 radical (unpaired) electrons. The van der Waals surface area contributed by atoms with Gasteiger partial charge in [0.2, 0.25) is 5.52 Å². The average Bonchev–Trinajstić information content (AvgIpc) is 3.46. The van der Waals surface area contributed by atoms with Gasteiger partial charge in [0.25, 0.3) is 5.01 Å². The molecule has 6 rings (SSSR count). The van der Waals surface area contributed by atoms with Gasteiger partial charge in [-0.05, 0) is 122 Å². The number of aryl methyl sites for hydroxylation is 1. The van der Waals surface area contributed by atoms with Crippen molar-refractivity contribution in [2.45, 2.75) is 85.1 Å². The van der Waals surface area contributed by atoms with E-state index in [0.29, 0.717) is 0 Å². The van der Waals surface area contributed by atoms with Crippen LogP contribution in [0.2, 0.25) is 10.0 Å². The van der Waals surface area contributed by atoms with E-state index in [1.54, 1.807) is 0 Å². The van der Waals surface area contributed by atoms with Gasteiger partial charge in [-0.1, -0.05) is 85.6 Å². The molecule has 0 saturated heterocycles. The molecule has 0 spiro atoms. The zero-order valence-electron chi connectivity index (χ0n) is 27.6. The molecule has 0 atom stereocenters. The highest BCUT2D eigenvalue weighted by molar-refractivity contribution is 8.03. The number of rotatable bonds is 6. The van der Waals surface area contributed by atoms with Crippen molar-refractivity contribution in [3.8, 4) is 0 Å². The summed E-state index contributed by atoms with van der Waals surface area (Å²) >= 11 is 16.4. The maximum Gasteiger partial charge on any atom is 0.263 e. The van der Waals surface area contributed by atoms with Gasteiger partial charge in [0.05, 0.1) is 10.7 Å². The third-order valence-corrected chi connectivity index (χ3v) is 11.5. The average molecular weight is 802 g/mol. The van der Waals surface area contributed by atoms with Crippen molar-refractivity contribution in [2.75, 3.05) is 11.4 Å². The third-order valence-electron chi connectivity index (χ3n) is 8.78. The summed E-state index contributed by atoms with van der Waals surface area (Å²) in [5, 5.41) is 4.15. The van der Waals surface area contributed by atoms with Gasteiger partial charge < -0.3 is 28.9 Å². The number of anilines is 1. The summed E-state index contributed by atoms with van der Waals surface area (Å²) in [6.07, 6.45) is 17.1. The molecule has 2 heterocycles. The van der Waals surface area contributed by atoms with Crippen LogP contribution in [0.3, 0.4) is 0 Å². The number of halogens is 3. The summed E-state index contributed by atoms with van der Waals surface area (Å²) in [5.41, 5.74) is 12.2. The van der Waals surface area contributed by atoms with E-state index in [2.05, 4.69) is 111 Å². The number of thiazole rings is 1. The minimum Gasteiger partial charge on any atom is -1.00 e. The molecule has 0 fully saturated rings. The lowest BCUT2D eigenvalue weighted by molar-refractivity contribution is -0.665. The Hall–Kier alpha value is -1.73. The quantitative estimate of drug-likeness (QED) is 0.140. The minimum atomic E-state index is 0. The standard InChI is InChI=1S/C39H43Cl2N2S2.HI/c1-7-42-32-20-30(40)12-14-34(32)44-36(42)18-28-16-26(22-38(3,4)24-28)10-9-11-27-17-29(25-39(5,6)23-27)19-37-43(8-2)33-21-31(41)13-15-35(33)45-37;/h9,12-21H,7-8,10,22-25H2,1-6H3;1H/q+1;/p-1/b28-18?,37-19+;. The molecule has 0 amide bonds. The van der Waals surface area contributed by atoms with Crippen LogP contribution in [-0.4, -0.2) is 6.54 Å². The van der Waals surface area contributed by atoms with E-state index in [1.165, 1.54) is 53.1 Å². The number of thioether (sulfide) groups is 1. The maximum absolute atomic E-state index is 6.35. The van der Waals surface area contributed by atoms with Crippen LogP contribution in [-0.2, 0) is 6.54 Å². The highest BCUT2D eigenvalue weighted by Crippen LogP contribution is 2.48. The van der Waals surface area contributed by atoms with Crippen molar-refractivity contribution in [3.63, 3.8) is 0 Å². The number of benzene rings is 2. The van der Waals surface area contributed by atoms with Gasteiger partial charge in [-0.25, -0.2) is 0 Å². The Morgan fingerprint density at radius 2 is 1.65 bits per heavy atom. The zero-order chi connectivity index (χ0) is 31.9. The number of hydrogen-bond donors (Lipinski definition) is 0. The fraction of sp³-hybridized carbons (Fsp3) is 0.385. The molecule has 3 aromatic rings. The minimum absolute atomic E-state index is 0. The molecule has 0 unspecified atom stereocenters. The molecule has 1 aliphatic heterocycles. The van der Waals surface area contributed by atoms with E-state index >= 15 is 0 Å². The van der Waals surface area contributed by atoms with Crippen molar-refractivity contribution >= 4 is 68.3 Å². The van der Waals surface area contributed by atoms with Crippen molar-refractivity contribution in [1.29, 1.82) is 0 Å². The molecular formula is C39H43Cl2IN2S2. The van der Waals surface area contributed by atoms with E-state index in [4.69, 9.17) is 23.2 Å². The van der Waals surface area contributed by atoms with Crippen molar-refractivity contribution in [2.24, 2.45) is 10.8 Å². The van der Waals surface area contributed by atoms with E-state index in [9.17, 15) is 0 Å². The lowest BCUT2D eigenvalue weighted by Crippen LogP contribution is -3.00. The highest BCUT2D eigenvalue weighted by Gasteiger charge is 2.29. The number of nitrogens with zero attached hydrogens (tertiary/aromatic N) is 2. The lowest BCUT2D eigenvalue weighted by Gasteiger charge is -2.31. The van der Waals surface area contributed by atoms with Gasteiger partial charge in [0.15, 0.2) is 0 Å². The predicted molar refractivity (Wildman–Crippen MR) is 198 cm³/mol. The van der Waals surface area contributed by atoms with E-state index in [-0.39, 0.29) is 34.8 Å². The normalized spacial score (nSPS) is 20.3. The molecule has 7 heteroatoms. The van der Waals surface area contributed by atoms with Gasteiger partial charge in [0.1, 0.15) is 11.2 Å². The number of hydrogen-bond acceptors (Lipinski definition) is 3. The van der Waals surface area contributed by atoms with Crippen molar-refractivity contribution < 1.29 is 28.5 Å². The molecule has 2 aromatic carbocycles. The molecule has 0 N–H and O–H groups in total. The van der Waals surface area contributed by atoms with Crippen LogP contribution in [0.5, 0.6) is 0 Å². The third kappa shape index (κ3) is 8.10. The van der Waals surface area contributed by atoms with Crippen LogP contribution >= 0.6 is 46.3 Å². The monoisotopic (exact) mass is 800 g/mol. The Morgan fingerprint density at radius 3 is 2.41 bits per heavy atom. The van der Waals surface area contributed by atoms with Crippen LogP contribution in [0.15, 0.2) is 98.7 Å². The summed E-state index contributed by atoms with van der Waals surface area (Å²) in [5.74, 6) is 0. The lowest BCUT2D eigenvalue weighted by atomic mass is 9.74. The molecule has 3 aliphatic rings. The summed E-state index contributed by atoms with van der Waals surface area (Å²) in [6.45, 7) is 15.8. The van der Waals surface area contributed by atoms with Crippen LogP contribution in [0.25, 0.3) is 16.3 Å². The summed E-state index contributed by atoms with van der Waals surface area (Å²) in [6, 6.07) is 12.4. The molecule has 2 nitrogen and oxygen atoms in total. The first-order chi connectivity index (χ1) is 21.4. The van der Waals surface area contributed by atoms with Gasteiger partial charge in [-0.15, -0.1) is 5.73 Å². The van der Waals surface area contributed by atoms with Crippen LogP contribution in [0.4, 0.5) is 5.69 Å². The highest BCUT2D eigenvalue weighted by atomic mass is 127. The smallest absolute Gasteiger partial charge is 0.263 e. The summed E-state index contributed by atoms with van der Waals surface area (Å²) < 4.78 is 3.67. The largest absolute Gasteiger partial charge is 1.00 e. The molecule has 242 valence electrons. The second kappa shape index (κ2) is 14.4. The van der Waals surface area contributed by atoms with Gasteiger partial charge in [0, 0.05) is 33.6 Å². The van der Waals surface area contributed by atoms with E-state index in [0.717, 1.165) is 55.2 Å². The summed E-state index contributed by atoms with van der Waals surface area (Å²) in [4.78, 5) is 3.66. The van der Waals surface area contributed by atoms with Crippen molar-refractivity contribution in [3.05, 3.63) is 109 Å². The Balaban J connectivity index is 0.00000417. The fourth-order valence-corrected chi connectivity index (χ4v) is 9.80. The van der Waals surface area contributed by atoms with Gasteiger partial charge in [-0.2, -0.15) is 4.57 Å². The number of allylic oxidation sites excluding steroid dienone is 7. The molecule has 0 saturated carbocycles. The molecule has 0 bridgehead atoms. The first-order valence-electron chi connectivity index (χ1n) is 16.0. The Kier molecular flexibility index (Phi) is 11.1. The van der Waals surface area contributed by atoms with E-state index < -0.39 is 0 Å². The maximum atomic E-state index is 6.35. The van der Waals surface area contributed by atoms with E-state index in [1.807, 2.05) is 35.2 Å². The first-order valence-corrected chi connectivity index (χ1v) is 18.4. The number of fused-ring (bicyclic) bond motifs is 2. The molecule has 46 heavy (non-hydrogen) atoms. The van der Waals surface area contributed by atoms with Crippen LogP contribution < -0.4 is 33.4 Å². The zero-order valence-corrected chi connectivity index (χ0v) is 32.9. The van der Waals surface area contributed by atoms with Gasteiger partial charge >= 0.3 is 0 Å². The Labute approximate surface area is 310 Å². The van der Waals surface area contributed by atoms with Crippen LogP contribution in [0.1, 0.15) is 78.7 Å². The fourth-order valence-electron chi connectivity index (χ4n) is 7.11. The second-order valence-electron chi connectivity index (χ2n) is 14.1. The second-order valence-corrected chi connectivity index (χ2v) is 17.1. The molecule has 2 aliphatic carbocycles. The topological polar surface area (TPSA) is 7.12 Å². The Bertz CT molecular complexity index is 1850. The van der Waals surface area contributed by atoms with Crippen molar-refractivity contribution in [1.82, 2.24) is 0 Å². The Morgan fingerprint density at radius 1 is 0.913 bits per heavy atom. The summed E-state index contributed by atoms with van der Waals surface area (Å²) in [7, 11) is 0. The van der Waals surface area contributed by atoms with Crippen LogP contribution in [0, 0.1) is 10.8 Å². The SMILES string of the molecule is CCN1/C(=C\C2=CC(=C=CCC3=CC(=Cc4sc5ccc(Cl)cc5[n+]4CC)CC(C)(C)C3)CC(C)(C)C2)Sc2ccc(Cl)cc21.[I-].